The first kappa shape index (κ1) is 13.4. The van der Waals surface area contributed by atoms with Gasteiger partial charge in [-0.1, -0.05) is 18.2 Å². The van der Waals surface area contributed by atoms with E-state index in [9.17, 15) is 5.11 Å². The van der Waals surface area contributed by atoms with Gasteiger partial charge in [0.25, 0.3) is 0 Å². The van der Waals surface area contributed by atoms with Gasteiger partial charge in [0, 0.05) is 0 Å². The lowest BCUT2D eigenvalue weighted by Crippen LogP contribution is -2.11. The predicted octanol–water partition coefficient (Wildman–Crippen LogP) is 3.89. The summed E-state index contributed by atoms with van der Waals surface area (Å²) in [5.41, 5.74) is 3.36. The van der Waals surface area contributed by atoms with E-state index < -0.39 is 6.10 Å². The molecule has 1 fully saturated rings. The van der Waals surface area contributed by atoms with Crippen LogP contribution < -0.4 is 0 Å². The molecule has 2 aromatic heterocycles. The highest BCUT2D eigenvalue weighted by molar-refractivity contribution is 5.46. The van der Waals surface area contributed by atoms with Gasteiger partial charge in [-0.25, -0.2) is 4.98 Å². The van der Waals surface area contributed by atoms with Crippen molar-refractivity contribution in [2.75, 3.05) is 0 Å². The number of aliphatic hydroxyl groups is 1. The van der Waals surface area contributed by atoms with Crippen molar-refractivity contribution in [2.45, 2.75) is 44.6 Å². The molecule has 2 heterocycles. The summed E-state index contributed by atoms with van der Waals surface area (Å²) in [5.74, 6) is 0.702. The van der Waals surface area contributed by atoms with E-state index in [0.717, 1.165) is 30.5 Å². The number of aromatic nitrogens is 2. The van der Waals surface area contributed by atoms with E-state index in [-0.39, 0.29) is 0 Å². The van der Waals surface area contributed by atoms with Gasteiger partial charge in [0.15, 0.2) is 0 Å². The first-order valence-corrected chi connectivity index (χ1v) is 7.50. The standard InChI is InChI=1S/C17H22N2O/c1-13-4-2-5-14(10-13)8-9-17(20)16-7-3-6-15-11-18-12-19(15)16/h3,6-7,11-12,14,17,20H,1-2,4-5,8-10H2. The van der Waals surface area contributed by atoms with Crippen molar-refractivity contribution in [1.29, 1.82) is 0 Å². The molecule has 0 saturated heterocycles. The highest BCUT2D eigenvalue weighted by Gasteiger charge is 2.18. The van der Waals surface area contributed by atoms with Crippen LogP contribution in [0, 0.1) is 5.92 Å². The molecule has 1 N–H and O–H groups in total. The van der Waals surface area contributed by atoms with Crippen molar-refractivity contribution in [3.8, 4) is 0 Å². The van der Waals surface area contributed by atoms with Crippen LogP contribution >= 0.6 is 0 Å². The quantitative estimate of drug-likeness (QED) is 0.856. The molecule has 1 saturated carbocycles. The van der Waals surface area contributed by atoms with Crippen LogP contribution in [-0.4, -0.2) is 14.5 Å². The summed E-state index contributed by atoms with van der Waals surface area (Å²) < 4.78 is 1.98. The summed E-state index contributed by atoms with van der Waals surface area (Å²) in [4.78, 5) is 4.14. The molecule has 20 heavy (non-hydrogen) atoms. The lowest BCUT2D eigenvalue weighted by molar-refractivity contribution is 0.148. The van der Waals surface area contributed by atoms with Gasteiger partial charge in [0.1, 0.15) is 0 Å². The topological polar surface area (TPSA) is 37.5 Å². The second kappa shape index (κ2) is 5.80. The monoisotopic (exact) mass is 270 g/mol. The Bertz CT molecular complexity index is 602. The average Bonchev–Trinajstić information content (AvgIpc) is 2.93. The molecule has 3 nitrogen and oxygen atoms in total. The Hall–Kier alpha value is -1.61. The lowest BCUT2D eigenvalue weighted by Gasteiger charge is -2.24. The van der Waals surface area contributed by atoms with E-state index in [2.05, 4.69) is 11.6 Å². The van der Waals surface area contributed by atoms with Crippen LogP contribution in [0.4, 0.5) is 0 Å². The summed E-state index contributed by atoms with van der Waals surface area (Å²) in [6, 6.07) is 5.98. The van der Waals surface area contributed by atoms with Gasteiger partial charge >= 0.3 is 0 Å². The minimum atomic E-state index is -0.414. The maximum Gasteiger partial charge on any atom is 0.0995 e. The number of rotatable bonds is 4. The fraction of sp³-hybridized carbons (Fsp3) is 0.471. The van der Waals surface area contributed by atoms with Crippen LogP contribution in [0.25, 0.3) is 5.52 Å². The number of allylic oxidation sites excluding steroid dienone is 1. The largest absolute Gasteiger partial charge is 0.387 e. The molecule has 106 valence electrons. The molecule has 2 unspecified atom stereocenters. The summed E-state index contributed by atoms with van der Waals surface area (Å²) in [6.45, 7) is 4.11. The third-order valence-electron chi connectivity index (χ3n) is 4.39. The zero-order chi connectivity index (χ0) is 13.9. The van der Waals surface area contributed by atoms with Crippen LogP contribution in [0.1, 0.15) is 50.3 Å². The second-order valence-corrected chi connectivity index (χ2v) is 5.94. The van der Waals surface area contributed by atoms with Crippen molar-refractivity contribution in [2.24, 2.45) is 5.92 Å². The van der Waals surface area contributed by atoms with Crippen LogP contribution in [-0.2, 0) is 0 Å². The van der Waals surface area contributed by atoms with E-state index in [1.807, 2.05) is 28.8 Å². The van der Waals surface area contributed by atoms with Gasteiger partial charge in [0.2, 0.25) is 0 Å². The molecule has 2 aromatic rings. The van der Waals surface area contributed by atoms with E-state index in [4.69, 9.17) is 0 Å². The van der Waals surface area contributed by atoms with E-state index in [1.165, 1.54) is 24.8 Å². The molecule has 0 bridgehead atoms. The minimum absolute atomic E-state index is 0.414. The normalized spacial score (nSPS) is 21.2. The van der Waals surface area contributed by atoms with Gasteiger partial charge < -0.3 is 9.51 Å². The molecule has 0 spiro atoms. The Labute approximate surface area is 120 Å². The minimum Gasteiger partial charge on any atom is -0.387 e. The predicted molar refractivity (Wildman–Crippen MR) is 80.5 cm³/mol. The number of nitrogens with zero attached hydrogens (tertiary/aromatic N) is 2. The fourth-order valence-electron chi connectivity index (χ4n) is 3.28. The SMILES string of the molecule is C=C1CCCC(CCC(O)c2cccc3cncn23)C1. The second-order valence-electron chi connectivity index (χ2n) is 5.94. The molecule has 0 aliphatic heterocycles. The van der Waals surface area contributed by atoms with Gasteiger partial charge in [-0.3, -0.25) is 0 Å². The van der Waals surface area contributed by atoms with Crippen LogP contribution in [0.15, 0.2) is 42.9 Å². The molecule has 0 radical (unpaired) electrons. The third-order valence-corrected chi connectivity index (χ3v) is 4.39. The zero-order valence-corrected chi connectivity index (χ0v) is 11.8. The van der Waals surface area contributed by atoms with Gasteiger partial charge in [-0.15, -0.1) is 0 Å². The van der Waals surface area contributed by atoms with Crippen molar-refractivity contribution < 1.29 is 5.11 Å². The Kier molecular flexibility index (Phi) is 3.88. The Morgan fingerprint density at radius 3 is 3.20 bits per heavy atom. The maximum atomic E-state index is 10.5. The lowest BCUT2D eigenvalue weighted by atomic mass is 9.83. The summed E-state index contributed by atoms with van der Waals surface area (Å²) in [5, 5.41) is 10.5. The number of aliphatic hydroxyl groups excluding tert-OH is 1. The molecular formula is C17H22N2O. The van der Waals surface area contributed by atoms with Crippen molar-refractivity contribution in [1.82, 2.24) is 9.38 Å². The van der Waals surface area contributed by atoms with Crippen molar-refractivity contribution in [3.05, 3.63) is 48.6 Å². The highest BCUT2D eigenvalue weighted by Crippen LogP contribution is 2.32. The number of hydrogen-bond acceptors (Lipinski definition) is 2. The molecule has 0 amide bonds. The molecule has 3 rings (SSSR count). The fourth-order valence-corrected chi connectivity index (χ4v) is 3.28. The van der Waals surface area contributed by atoms with Gasteiger partial charge in [0.05, 0.1) is 29.8 Å². The van der Waals surface area contributed by atoms with Crippen molar-refractivity contribution >= 4 is 5.52 Å². The van der Waals surface area contributed by atoms with E-state index in [0.29, 0.717) is 5.92 Å². The summed E-state index contributed by atoms with van der Waals surface area (Å²) in [6.07, 6.45) is 9.94. The van der Waals surface area contributed by atoms with E-state index in [1.54, 1.807) is 6.33 Å². The Morgan fingerprint density at radius 2 is 2.35 bits per heavy atom. The maximum absolute atomic E-state index is 10.5. The van der Waals surface area contributed by atoms with E-state index >= 15 is 0 Å². The van der Waals surface area contributed by atoms with Crippen molar-refractivity contribution in [3.63, 3.8) is 0 Å². The molecule has 2 atom stereocenters. The molecular weight excluding hydrogens is 248 g/mol. The molecule has 0 aromatic carbocycles. The zero-order valence-electron chi connectivity index (χ0n) is 11.8. The highest BCUT2D eigenvalue weighted by atomic mass is 16.3. The van der Waals surface area contributed by atoms with Gasteiger partial charge in [-0.2, -0.15) is 0 Å². The Morgan fingerprint density at radius 1 is 1.45 bits per heavy atom. The van der Waals surface area contributed by atoms with Crippen LogP contribution in [0.5, 0.6) is 0 Å². The average molecular weight is 270 g/mol. The van der Waals surface area contributed by atoms with Gasteiger partial charge in [-0.05, 0) is 56.6 Å². The first-order valence-electron chi connectivity index (χ1n) is 7.50. The Balaban J connectivity index is 1.65. The number of pyridine rings is 1. The molecule has 3 heteroatoms. The molecule has 1 aliphatic rings. The smallest absolute Gasteiger partial charge is 0.0995 e. The summed E-state index contributed by atoms with van der Waals surface area (Å²) >= 11 is 0. The number of imidazole rings is 1. The number of fused-ring (bicyclic) bond motifs is 1. The van der Waals surface area contributed by atoms with Crippen LogP contribution in [0.2, 0.25) is 0 Å². The third kappa shape index (κ3) is 2.78. The first-order chi connectivity index (χ1) is 9.74. The van der Waals surface area contributed by atoms with Crippen LogP contribution in [0.3, 0.4) is 0 Å². The summed E-state index contributed by atoms with van der Waals surface area (Å²) in [7, 11) is 0. The molecule has 1 aliphatic carbocycles. The number of hydrogen-bond donors (Lipinski definition) is 1.